The Hall–Kier alpha value is -0.910. The summed E-state index contributed by atoms with van der Waals surface area (Å²) in [7, 11) is 1.45. The Kier molecular flexibility index (Phi) is 7.08. The Morgan fingerprint density at radius 1 is 1.12 bits per heavy atom. The summed E-state index contributed by atoms with van der Waals surface area (Å²) in [6.45, 7) is 8.58. The van der Waals surface area contributed by atoms with Gasteiger partial charge in [0.25, 0.3) is 0 Å². The summed E-state index contributed by atoms with van der Waals surface area (Å²) < 4.78 is 11.0. The molecule has 4 fully saturated rings. The molecule has 4 saturated carbocycles. The number of fused-ring (bicyclic) bond motifs is 5. The van der Waals surface area contributed by atoms with Crippen LogP contribution in [0.15, 0.2) is 0 Å². The lowest BCUT2D eigenvalue weighted by Crippen LogP contribution is -2.60. The molecule has 0 heterocycles. The van der Waals surface area contributed by atoms with Gasteiger partial charge in [-0.1, -0.05) is 36.7 Å². The number of ketones is 1. The molecule has 0 radical (unpaired) electrons. The maximum atomic E-state index is 12.5. The first-order valence-corrected chi connectivity index (χ1v) is 13.9. The van der Waals surface area contributed by atoms with E-state index in [2.05, 4.69) is 36.7 Å². The highest BCUT2D eigenvalue weighted by Crippen LogP contribution is 2.69. The number of rotatable bonds is 5. The second kappa shape index (κ2) is 9.28. The monoisotopic (exact) mass is 524 g/mol. The number of ether oxygens (including phenoxy) is 2. The number of carbonyl (C=O) groups excluding carboxylic acids is 3. The molecule has 0 aromatic carbocycles. The van der Waals surface area contributed by atoms with Crippen molar-refractivity contribution in [2.24, 2.45) is 46.3 Å². The second-order valence-corrected chi connectivity index (χ2v) is 12.9. The molecule has 0 aromatic rings. The number of halogens is 1. The van der Waals surface area contributed by atoms with E-state index in [0.29, 0.717) is 54.1 Å². The molecule has 6 heteroatoms. The van der Waals surface area contributed by atoms with Crippen molar-refractivity contribution in [2.45, 2.75) is 96.4 Å². The van der Waals surface area contributed by atoms with Gasteiger partial charge in [0.1, 0.15) is 11.9 Å². The molecule has 33 heavy (non-hydrogen) atoms. The molecule has 0 aliphatic heterocycles. The summed E-state index contributed by atoms with van der Waals surface area (Å²) in [5.74, 6) is 2.82. The van der Waals surface area contributed by atoms with E-state index in [1.165, 1.54) is 20.5 Å². The van der Waals surface area contributed by atoms with Crippen molar-refractivity contribution >= 4 is 33.7 Å². The Balaban J connectivity index is 1.64. The molecule has 0 aromatic heterocycles. The molecule has 4 aliphatic carbocycles. The minimum Gasteiger partial charge on any atom is -0.469 e. The summed E-state index contributed by atoms with van der Waals surface area (Å²) in [4.78, 5) is 36.5. The van der Waals surface area contributed by atoms with Crippen LogP contribution in [0.4, 0.5) is 0 Å². The van der Waals surface area contributed by atoms with Gasteiger partial charge in [-0.2, -0.15) is 0 Å². The Morgan fingerprint density at radius 3 is 2.48 bits per heavy atom. The van der Waals surface area contributed by atoms with E-state index in [1.54, 1.807) is 0 Å². The molecule has 4 aliphatic rings. The van der Waals surface area contributed by atoms with Crippen LogP contribution in [0.2, 0.25) is 0 Å². The molecular formula is C27H41BrO5. The number of Topliss-reactive ketones (excluding diaryl/α,β-unsaturated/α-hetero) is 1. The van der Waals surface area contributed by atoms with Crippen LogP contribution in [0.5, 0.6) is 0 Å². The number of carbonyl (C=O) groups is 3. The molecule has 0 unspecified atom stereocenters. The van der Waals surface area contributed by atoms with Crippen LogP contribution in [0, 0.1) is 46.3 Å². The third kappa shape index (κ3) is 4.10. The van der Waals surface area contributed by atoms with E-state index in [0.717, 1.165) is 38.5 Å². The van der Waals surface area contributed by atoms with E-state index in [-0.39, 0.29) is 33.7 Å². The minimum absolute atomic E-state index is 0.0349. The predicted molar refractivity (Wildman–Crippen MR) is 130 cm³/mol. The van der Waals surface area contributed by atoms with Crippen LogP contribution in [0.3, 0.4) is 0 Å². The van der Waals surface area contributed by atoms with E-state index in [9.17, 15) is 14.4 Å². The number of esters is 2. The summed E-state index contributed by atoms with van der Waals surface area (Å²) >= 11 is 3.76. The molecule has 0 amide bonds. The molecule has 4 rings (SSSR count). The van der Waals surface area contributed by atoms with Crippen LogP contribution in [0.25, 0.3) is 0 Å². The number of hydrogen-bond donors (Lipinski definition) is 0. The van der Waals surface area contributed by atoms with Gasteiger partial charge in [0.2, 0.25) is 0 Å². The fraction of sp³-hybridized carbons (Fsp3) is 0.889. The van der Waals surface area contributed by atoms with Gasteiger partial charge in [-0.25, -0.2) is 0 Å². The molecule has 0 N–H and O–H groups in total. The SMILES string of the molecule is COC(=O)CC[C@@H](C)[C@H]1CC[C@H]2[C@@H]3CC[C@H]4[C@@H](Br)C(=O)CC[C@]4(C)[C@H]3C[C@@H](OC(C)=O)[C@]12C. The van der Waals surface area contributed by atoms with Gasteiger partial charge >= 0.3 is 11.9 Å². The van der Waals surface area contributed by atoms with Crippen molar-refractivity contribution in [1.82, 2.24) is 0 Å². The first-order valence-electron chi connectivity index (χ1n) is 12.9. The van der Waals surface area contributed by atoms with E-state index < -0.39 is 0 Å². The summed E-state index contributed by atoms with van der Waals surface area (Å²) in [6.07, 6.45) is 8.23. The maximum absolute atomic E-state index is 12.5. The third-order valence-electron chi connectivity index (χ3n) is 10.7. The number of hydrogen-bond acceptors (Lipinski definition) is 5. The lowest BCUT2D eigenvalue weighted by atomic mass is 9.43. The quantitative estimate of drug-likeness (QED) is 0.339. The van der Waals surface area contributed by atoms with Crippen LogP contribution in [-0.4, -0.2) is 35.8 Å². The topological polar surface area (TPSA) is 69.7 Å². The summed E-state index contributed by atoms with van der Waals surface area (Å²) in [5, 5.41) is 0. The number of alkyl halides is 1. The van der Waals surface area contributed by atoms with Crippen LogP contribution < -0.4 is 0 Å². The van der Waals surface area contributed by atoms with E-state index in [4.69, 9.17) is 9.47 Å². The molecule has 5 nitrogen and oxygen atoms in total. The van der Waals surface area contributed by atoms with Gasteiger partial charge in [-0.05, 0) is 85.9 Å². The highest BCUT2D eigenvalue weighted by atomic mass is 79.9. The van der Waals surface area contributed by atoms with E-state index in [1.807, 2.05) is 0 Å². The van der Waals surface area contributed by atoms with Crippen molar-refractivity contribution < 1.29 is 23.9 Å². The van der Waals surface area contributed by atoms with Crippen molar-refractivity contribution in [3.63, 3.8) is 0 Å². The van der Waals surface area contributed by atoms with Gasteiger partial charge in [0, 0.05) is 25.2 Å². The third-order valence-corrected chi connectivity index (χ3v) is 11.8. The standard InChI is InChI=1S/C27H41BrO5/c1-15(6-11-24(31)32-5)18-9-10-19-17-7-8-20-25(28)22(30)12-13-26(20,3)21(17)14-23(27(18,19)4)33-16(2)29/h15,17-21,23,25H,6-14H2,1-5H3/t15-,17+,18-,19+,20+,21+,23-,25-,26+,27-/m1/s1. The lowest BCUT2D eigenvalue weighted by molar-refractivity contribution is -0.192. The molecule has 10 atom stereocenters. The number of methoxy groups -OCH3 is 1. The molecule has 0 saturated heterocycles. The van der Waals surface area contributed by atoms with Crippen LogP contribution in [0.1, 0.15) is 85.5 Å². The van der Waals surface area contributed by atoms with E-state index >= 15 is 0 Å². The van der Waals surface area contributed by atoms with Crippen LogP contribution >= 0.6 is 15.9 Å². The van der Waals surface area contributed by atoms with Crippen molar-refractivity contribution in [2.75, 3.05) is 7.11 Å². The first-order chi connectivity index (χ1) is 15.5. The zero-order chi connectivity index (χ0) is 24.1. The second-order valence-electron chi connectivity index (χ2n) is 11.9. The Bertz CT molecular complexity index is 797. The van der Waals surface area contributed by atoms with Gasteiger partial charge in [0.15, 0.2) is 0 Å². The summed E-state index contributed by atoms with van der Waals surface area (Å²) in [6, 6.07) is 0. The fourth-order valence-electron chi connectivity index (χ4n) is 9.01. The minimum atomic E-state index is -0.194. The molecule has 0 bridgehead atoms. The average Bonchev–Trinajstić information content (AvgIpc) is 3.13. The molecular weight excluding hydrogens is 484 g/mol. The maximum Gasteiger partial charge on any atom is 0.305 e. The summed E-state index contributed by atoms with van der Waals surface area (Å²) in [5.41, 5.74) is 0.0448. The lowest BCUT2D eigenvalue weighted by Gasteiger charge is -2.62. The smallest absolute Gasteiger partial charge is 0.305 e. The fourth-order valence-corrected chi connectivity index (χ4v) is 10.1. The van der Waals surface area contributed by atoms with Gasteiger partial charge < -0.3 is 9.47 Å². The first kappa shape index (κ1) is 25.2. The predicted octanol–water partition coefficient (Wildman–Crippen LogP) is 5.72. The molecule has 0 spiro atoms. The van der Waals surface area contributed by atoms with Crippen molar-refractivity contribution in [3.05, 3.63) is 0 Å². The Labute approximate surface area is 207 Å². The van der Waals surface area contributed by atoms with Crippen molar-refractivity contribution in [3.8, 4) is 0 Å². The normalized spacial score (nSPS) is 45.4. The van der Waals surface area contributed by atoms with Gasteiger partial charge in [0.05, 0.1) is 11.9 Å². The zero-order valence-corrected chi connectivity index (χ0v) is 22.5. The average molecular weight is 526 g/mol. The van der Waals surface area contributed by atoms with Crippen molar-refractivity contribution in [1.29, 1.82) is 0 Å². The Morgan fingerprint density at radius 2 is 1.82 bits per heavy atom. The van der Waals surface area contributed by atoms with Gasteiger partial charge in [-0.3, -0.25) is 14.4 Å². The van der Waals surface area contributed by atoms with Crippen LogP contribution in [-0.2, 0) is 23.9 Å². The highest BCUT2D eigenvalue weighted by Gasteiger charge is 2.65. The zero-order valence-electron chi connectivity index (χ0n) is 20.9. The molecule has 186 valence electrons. The largest absolute Gasteiger partial charge is 0.469 e. The highest BCUT2D eigenvalue weighted by molar-refractivity contribution is 9.10. The van der Waals surface area contributed by atoms with Gasteiger partial charge in [-0.15, -0.1) is 0 Å².